The van der Waals surface area contributed by atoms with Crippen LogP contribution < -0.4 is 11.1 Å². The van der Waals surface area contributed by atoms with Gasteiger partial charge in [0.25, 0.3) is 0 Å². The van der Waals surface area contributed by atoms with Crippen LogP contribution in [0.1, 0.15) is 18.4 Å². The van der Waals surface area contributed by atoms with Crippen LogP contribution in [0.15, 0.2) is 24.3 Å². The lowest BCUT2D eigenvalue weighted by molar-refractivity contribution is -0.120. The van der Waals surface area contributed by atoms with E-state index in [0.717, 1.165) is 31.5 Å². The summed E-state index contributed by atoms with van der Waals surface area (Å²) in [6, 6.07) is 7.97. The average Bonchev–Trinajstić information content (AvgIpc) is 2.54. The van der Waals surface area contributed by atoms with Crippen molar-refractivity contribution in [1.82, 2.24) is 4.90 Å². The maximum atomic E-state index is 12.2. The number of nitrogens with zero attached hydrogens (tertiary/aromatic N) is 1. The first-order valence-corrected chi connectivity index (χ1v) is 6.51. The Kier molecular flexibility index (Phi) is 4.33. The van der Waals surface area contributed by atoms with Crippen molar-refractivity contribution in [1.29, 1.82) is 0 Å². The molecule has 0 aromatic heterocycles. The molecule has 4 heteroatoms. The molecule has 1 unspecified atom stereocenters. The number of carbonyl (C=O) groups excluding carboxylic acids is 1. The highest BCUT2D eigenvalue weighted by atomic mass is 16.2. The van der Waals surface area contributed by atoms with Gasteiger partial charge in [0.15, 0.2) is 0 Å². The number of hydrogen-bond donors (Lipinski definition) is 2. The van der Waals surface area contributed by atoms with E-state index in [0.29, 0.717) is 6.54 Å². The fraction of sp³-hybridized carbons (Fsp3) is 0.500. The van der Waals surface area contributed by atoms with Gasteiger partial charge in [0, 0.05) is 5.69 Å². The quantitative estimate of drug-likeness (QED) is 0.841. The van der Waals surface area contributed by atoms with E-state index in [-0.39, 0.29) is 11.9 Å². The van der Waals surface area contributed by atoms with E-state index in [4.69, 9.17) is 5.73 Å². The van der Waals surface area contributed by atoms with Gasteiger partial charge >= 0.3 is 0 Å². The Morgan fingerprint density at radius 1 is 1.44 bits per heavy atom. The summed E-state index contributed by atoms with van der Waals surface area (Å²) < 4.78 is 0. The molecule has 0 saturated carbocycles. The van der Waals surface area contributed by atoms with Gasteiger partial charge in [-0.2, -0.15) is 0 Å². The number of fused-ring (bicyclic) bond motifs is 1. The van der Waals surface area contributed by atoms with Crippen LogP contribution in [-0.2, 0) is 11.2 Å². The first-order valence-electron chi connectivity index (χ1n) is 6.51. The summed E-state index contributed by atoms with van der Waals surface area (Å²) in [5, 5.41) is 3.02. The van der Waals surface area contributed by atoms with Crippen molar-refractivity contribution in [3.05, 3.63) is 29.8 Å². The molecule has 0 fully saturated rings. The zero-order valence-corrected chi connectivity index (χ0v) is 10.9. The highest BCUT2D eigenvalue weighted by Crippen LogP contribution is 2.23. The number of aryl methyl sites for hydroxylation is 1. The number of benzene rings is 1. The highest BCUT2D eigenvalue weighted by Gasteiger charge is 2.26. The molecular formula is C14H21N3O. The zero-order chi connectivity index (χ0) is 13.0. The van der Waals surface area contributed by atoms with Crippen molar-refractivity contribution in [3.63, 3.8) is 0 Å². The van der Waals surface area contributed by atoms with Crippen molar-refractivity contribution >= 4 is 11.6 Å². The fourth-order valence-electron chi connectivity index (χ4n) is 2.42. The minimum atomic E-state index is -0.0519. The first-order chi connectivity index (χ1) is 8.72. The number of hydrogen-bond acceptors (Lipinski definition) is 3. The molecule has 0 bridgehead atoms. The Morgan fingerprint density at radius 3 is 3.00 bits per heavy atom. The molecule has 0 radical (unpaired) electrons. The van der Waals surface area contributed by atoms with Crippen LogP contribution in [0.25, 0.3) is 0 Å². The lowest BCUT2D eigenvalue weighted by Gasteiger charge is -2.25. The summed E-state index contributed by atoms with van der Waals surface area (Å²) >= 11 is 0. The summed E-state index contributed by atoms with van der Waals surface area (Å²) in [6.45, 7) is 1.53. The third-order valence-corrected chi connectivity index (χ3v) is 3.51. The number of rotatable bonds is 4. The van der Waals surface area contributed by atoms with Gasteiger partial charge in [-0.3, -0.25) is 9.69 Å². The molecule has 1 aromatic rings. The van der Waals surface area contributed by atoms with E-state index in [1.165, 1.54) is 5.56 Å². The molecule has 3 N–H and O–H groups in total. The van der Waals surface area contributed by atoms with Gasteiger partial charge in [0.2, 0.25) is 5.91 Å². The van der Waals surface area contributed by atoms with Crippen LogP contribution in [0.5, 0.6) is 0 Å². The second kappa shape index (κ2) is 5.98. The summed E-state index contributed by atoms with van der Waals surface area (Å²) in [5.41, 5.74) is 7.69. The van der Waals surface area contributed by atoms with Crippen molar-refractivity contribution < 1.29 is 4.79 Å². The van der Waals surface area contributed by atoms with Crippen molar-refractivity contribution in [2.24, 2.45) is 5.73 Å². The number of likely N-dealkylation sites (N-methyl/N-ethyl adjacent to an activating group) is 1. The van der Waals surface area contributed by atoms with Gasteiger partial charge in [-0.05, 0) is 51.0 Å². The molecule has 0 aliphatic carbocycles. The van der Waals surface area contributed by atoms with E-state index in [1.54, 1.807) is 0 Å². The van der Waals surface area contributed by atoms with Crippen molar-refractivity contribution in [2.75, 3.05) is 25.5 Å². The Balaban J connectivity index is 2.07. The fourth-order valence-corrected chi connectivity index (χ4v) is 2.42. The lowest BCUT2D eigenvalue weighted by atomic mass is 10.1. The molecule has 1 heterocycles. The lowest BCUT2D eigenvalue weighted by Crippen LogP contribution is -2.42. The van der Waals surface area contributed by atoms with Gasteiger partial charge in [0.05, 0.1) is 6.04 Å². The summed E-state index contributed by atoms with van der Waals surface area (Å²) in [7, 11) is 2.00. The second-order valence-electron chi connectivity index (χ2n) is 4.82. The molecule has 4 nitrogen and oxygen atoms in total. The zero-order valence-electron chi connectivity index (χ0n) is 10.9. The normalized spacial score (nSPS) is 19.3. The molecule has 0 spiro atoms. The van der Waals surface area contributed by atoms with Gasteiger partial charge < -0.3 is 11.1 Å². The third kappa shape index (κ3) is 2.89. The Bertz CT molecular complexity index is 419. The van der Waals surface area contributed by atoms with E-state index >= 15 is 0 Å². The first kappa shape index (κ1) is 13.1. The van der Waals surface area contributed by atoms with E-state index < -0.39 is 0 Å². The van der Waals surface area contributed by atoms with Crippen LogP contribution in [0.2, 0.25) is 0 Å². The number of para-hydroxylation sites is 1. The van der Waals surface area contributed by atoms with Crippen LogP contribution in [0, 0.1) is 0 Å². The summed E-state index contributed by atoms with van der Waals surface area (Å²) in [4.78, 5) is 14.3. The molecular weight excluding hydrogens is 226 g/mol. The number of anilines is 1. The predicted octanol–water partition coefficient (Wildman–Crippen LogP) is 1.22. The smallest absolute Gasteiger partial charge is 0.241 e. The highest BCUT2D eigenvalue weighted by molar-refractivity contribution is 5.96. The monoisotopic (exact) mass is 247 g/mol. The van der Waals surface area contributed by atoms with Gasteiger partial charge in [-0.1, -0.05) is 18.2 Å². The Labute approximate surface area is 108 Å². The molecule has 2 rings (SSSR count). The van der Waals surface area contributed by atoms with Gasteiger partial charge in [-0.25, -0.2) is 0 Å². The molecule has 1 aliphatic rings. The Morgan fingerprint density at radius 2 is 2.22 bits per heavy atom. The van der Waals surface area contributed by atoms with Gasteiger partial charge in [0.1, 0.15) is 0 Å². The number of amides is 1. The maximum Gasteiger partial charge on any atom is 0.241 e. The Hall–Kier alpha value is -1.39. The molecule has 1 aliphatic heterocycles. The molecule has 18 heavy (non-hydrogen) atoms. The maximum absolute atomic E-state index is 12.2. The minimum absolute atomic E-state index is 0.0519. The minimum Gasteiger partial charge on any atom is -0.330 e. The second-order valence-corrected chi connectivity index (χ2v) is 4.82. The van der Waals surface area contributed by atoms with E-state index in [2.05, 4.69) is 16.3 Å². The standard InChI is InChI=1S/C14H21N3O/c1-17(10-4-9-15)13-8-7-11-5-2-3-6-12(11)16-14(13)18/h2-3,5-6,13H,4,7-10,15H2,1H3,(H,16,18). The van der Waals surface area contributed by atoms with Gasteiger partial charge in [-0.15, -0.1) is 0 Å². The van der Waals surface area contributed by atoms with Crippen molar-refractivity contribution in [2.45, 2.75) is 25.3 Å². The third-order valence-electron chi connectivity index (χ3n) is 3.51. The van der Waals surface area contributed by atoms with Crippen molar-refractivity contribution in [3.8, 4) is 0 Å². The molecule has 1 aromatic carbocycles. The molecule has 1 amide bonds. The predicted molar refractivity (Wildman–Crippen MR) is 73.5 cm³/mol. The average molecular weight is 247 g/mol. The van der Waals surface area contributed by atoms with Crippen LogP contribution in [-0.4, -0.2) is 37.0 Å². The van der Waals surface area contributed by atoms with E-state index in [1.807, 2.05) is 25.2 Å². The molecule has 98 valence electrons. The number of carbonyl (C=O) groups is 1. The SMILES string of the molecule is CN(CCCN)C1CCc2ccccc2NC1=O. The van der Waals surface area contributed by atoms with Crippen LogP contribution >= 0.6 is 0 Å². The van der Waals surface area contributed by atoms with Crippen LogP contribution in [0.3, 0.4) is 0 Å². The van der Waals surface area contributed by atoms with E-state index in [9.17, 15) is 4.79 Å². The number of nitrogens with two attached hydrogens (primary N) is 1. The summed E-state index contributed by atoms with van der Waals surface area (Å²) in [5.74, 6) is 0.0967. The number of nitrogens with one attached hydrogen (secondary N) is 1. The van der Waals surface area contributed by atoms with Crippen LogP contribution in [0.4, 0.5) is 5.69 Å². The topological polar surface area (TPSA) is 58.4 Å². The molecule has 1 atom stereocenters. The summed E-state index contributed by atoms with van der Waals surface area (Å²) in [6.07, 6.45) is 2.73. The molecule has 0 saturated heterocycles. The largest absolute Gasteiger partial charge is 0.330 e.